The Balaban J connectivity index is 1.46. The van der Waals surface area contributed by atoms with Gasteiger partial charge in [0.05, 0.1) is 29.4 Å². The molecule has 0 radical (unpaired) electrons. The van der Waals surface area contributed by atoms with Gasteiger partial charge in [0.2, 0.25) is 0 Å². The van der Waals surface area contributed by atoms with Crippen LogP contribution in [0.4, 0.5) is 0 Å². The Morgan fingerprint density at radius 1 is 0.976 bits per heavy atom. The Bertz CT molecular complexity index is 1830. The minimum atomic E-state index is -0.363. The number of aryl methyl sites for hydroxylation is 1. The molecule has 1 unspecified atom stereocenters. The third-order valence-corrected chi connectivity index (χ3v) is 8.92. The van der Waals surface area contributed by atoms with E-state index >= 15 is 0 Å². The molecule has 0 bridgehead atoms. The fourth-order valence-corrected chi connectivity index (χ4v) is 6.90. The lowest BCUT2D eigenvalue weighted by Gasteiger charge is -2.26. The molecule has 6 rings (SSSR count). The smallest absolute Gasteiger partial charge is 0.265 e. The lowest BCUT2D eigenvalue weighted by molar-refractivity contribution is 0.0921. The Morgan fingerprint density at radius 3 is 2.57 bits per heavy atom. The molecular weight excluding hydrogens is 548 g/mol. The molecule has 0 saturated carbocycles. The van der Waals surface area contributed by atoms with E-state index < -0.39 is 0 Å². The molecule has 5 aromatic rings. The van der Waals surface area contributed by atoms with Crippen LogP contribution in [0.3, 0.4) is 0 Å². The number of fused-ring (bicyclic) bond motifs is 4. The van der Waals surface area contributed by atoms with Gasteiger partial charge >= 0.3 is 0 Å². The minimum absolute atomic E-state index is 0.124. The molecule has 214 valence electrons. The third kappa shape index (κ3) is 5.35. The van der Waals surface area contributed by atoms with Gasteiger partial charge in [-0.25, -0.2) is 0 Å². The summed E-state index contributed by atoms with van der Waals surface area (Å²) in [4.78, 5) is 41.7. The number of carbonyl (C=O) groups is 2. The van der Waals surface area contributed by atoms with Crippen LogP contribution in [0.1, 0.15) is 57.0 Å². The quantitative estimate of drug-likeness (QED) is 0.154. The summed E-state index contributed by atoms with van der Waals surface area (Å²) in [6.07, 6.45) is 2.81. The number of carbonyl (C=O) groups excluding carboxylic acids is 2. The molecule has 0 fully saturated rings. The number of ether oxygens (including phenoxy) is 2. The lowest BCUT2D eigenvalue weighted by Crippen LogP contribution is -2.31. The van der Waals surface area contributed by atoms with Crippen LogP contribution in [-0.2, 0) is 17.7 Å². The first-order chi connectivity index (χ1) is 20.6. The predicted octanol–water partition coefficient (Wildman–Crippen LogP) is 6.32. The van der Waals surface area contributed by atoms with Crippen molar-refractivity contribution in [2.75, 3.05) is 19.8 Å². The van der Waals surface area contributed by atoms with Gasteiger partial charge < -0.3 is 14.8 Å². The van der Waals surface area contributed by atoms with Gasteiger partial charge in [-0.05, 0) is 43.4 Å². The molecular formula is C34H32N2O5S. The number of Topliss-reactive ketones (excluding diaryl/α,β-unsaturated/α-hetero) is 1. The van der Waals surface area contributed by atoms with E-state index in [0.29, 0.717) is 39.3 Å². The Hall–Kier alpha value is -4.27. The highest BCUT2D eigenvalue weighted by Gasteiger charge is 2.29. The van der Waals surface area contributed by atoms with Crippen LogP contribution >= 0.6 is 11.3 Å². The highest BCUT2D eigenvalue weighted by atomic mass is 32.1. The van der Waals surface area contributed by atoms with E-state index in [1.165, 1.54) is 21.5 Å². The molecule has 7 nitrogen and oxygen atoms in total. The molecule has 8 heteroatoms. The van der Waals surface area contributed by atoms with Crippen molar-refractivity contribution in [3.8, 4) is 5.75 Å². The summed E-state index contributed by atoms with van der Waals surface area (Å²) in [5.74, 6) is -0.210. The van der Waals surface area contributed by atoms with E-state index in [0.717, 1.165) is 30.2 Å². The van der Waals surface area contributed by atoms with Crippen molar-refractivity contribution < 1.29 is 19.1 Å². The van der Waals surface area contributed by atoms with Crippen LogP contribution in [-0.4, -0.2) is 36.1 Å². The molecule has 1 aliphatic rings. The first-order valence-corrected chi connectivity index (χ1v) is 15.1. The molecule has 42 heavy (non-hydrogen) atoms. The minimum Gasteiger partial charge on any atom is -0.489 e. The molecule has 1 amide bonds. The SMILES string of the molecule is CCOCCOc1c(C(=O)NC2CCCc3ccccc32)sc2c1c(=O)n(CC(=O)c1ccccc1)c1ccccc21. The lowest BCUT2D eigenvalue weighted by atomic mass is 9.88. The van der Waals surface area contributed by atoms with E-state index in [4.69, 9.17) is 9.47 Å². The van der Waals surface area contributed by atoms with Gasteiger partial charge in [-0.15, -0.1) is 11.3 Å². The van der Waals surface area contributed by atoms with Gasteiger partial charge in [0.25, 0.3) is 11.5 Å². The van der Waals surface area contributed by atoms with E-state index in [2.05, 4.69) is 17.4 Å². The van der Waals surface area contributed by atoms with Crippen LogP contribution in [0.5, 0.6) is 5.75 Å². The number of pyridine rings is 1. The molecule has 0 aliphatic heterocycles. The summed E-state index contributed by atoms with van der Waals surface area (Å²) < 4.78 is 13.8. The number of benzene rings is 3. The third-order valence-electron chi connectivity index (χ3n) is 7.72. The maximum absolute atomic E-state index is 14.2. The molecule has 0 spiro atoms. The van der Waals surface area contributed by atoms with Crippen LogP contribution < -0.4 is 15.6 Å². The van der Waals surface area contributed by atoms with Crippen molar-refractivity contribution in [2.24, 2.45) is 0 Å². The molecule has 1 aliphatic carbocycles. The number of hydrogen-bond acceptors (Lipinski definition) is 6. The van der Waals surface area contributed by atoms with Gasteiger partial charge in [-0.2, -0.15) is 0 Å². The number of rotatable bonds is 10. The number of ketones is 1. The molecule has 2 heterocycles. The number of nitrogens with one attached hydrogen (secondary N) is 1. The normalized spacial score (nSPS) is 14.5. The Morgan fingerprint density at radius 2 is 1.74 bits per heavy atom. The summed E-state index contributed by atoms with van der Waals surface area (Å²) in [6.45, 7) is 2.80. The summed E-state index contributed by atoms with van der Waals surface area (Å²) in [7, 11) is 0. The molecule has 3 aromatic carbocycles. The average Bonchev–Trinajstić information content (AvgIpc) is 3.42. The standard InChI is InChI=1S/C34H32N2O5S/c1-2-40-19-20-41-30-29-31(42-32(30)33(38)35-26-17-10-14-22-11-6-7-15-24(22)26)25-16-8-9-18-27(25)36(34(29)39)21-28(37)23-12-4-3-5-13-23/h3-9,11-13,15-16,18,26H,2,10,14,17,19-21H2,1H3,(H,35,38). The van der Waals surface area contributed by atoms with Gasteiger partial charge in [-0.1, -0.05) is 72.8 Å². The van der Waals surface area contributed by atoms with E-state index in [-0.39, 0.29) is 42.2 Å². The molecule has 2 aromatic heterocycles. The molecule has 1 N–H and O–H groups in total. The van der Waals surface area contributed by atoms with Crippen LogP contribution in [0.2, 0.25) is 0 Å². The second-order valence-corrected chi connectivity index (χ2v) is 11.3. The zero-order valence-corrected chi connectivity index (χ0v) is 24.2. The number of nitrogens with zero attached hydrogens (tertiary/aromatic N) is 1. The second kappa shape index (κ2) is 12.3. The van der Waals surface area contributed by atoms with Crippen LogP contribution in [0.15, 0.2) is 83.7 Å². The summed E-state index contributed by atoms with van der Waals surface area (Å²) >= 11 is 1.26. The van der Waals surface area contributed by atoms with Gasteiger partial charge in [0, 0.05) is 17.6 Å². The zero-order chi connectivity index (χ0) is 29.1. The van der Waals surface area contributed by atoms with Crippen molar-refractivity contribution >= 4 is 44.0 Å². The summed E-state index contributed by atoms with van der Waals surface area (Å²) in [5, 5.41) is 4.32. The number of aromatic nitrogens is 1. The van der Waals surface area contributed by atoms with E-state index in [1.807, 2.05) is 49.4 Å². The fourth-order valence-electron chi connectivity index (χ4n) is 5.72. The topological polar surface area (TPSA) is 86.6 Å². The van der Waals surface area contributed by atoms with Crippen molar-refractivity contribution in [2.45, 2.75) is 38.8 Å². The monoisotopic (exact) mass is 580 g/mol. The van der Waals surface area contributed by atoms with Crippen LogP contribution in [0.25, 0.3) is 21.0 Å². The van der Waals surface area contributed by atoms with Gasteiger partial charge in [0.1, 0.15) is 16.9 Å². The van der Waals surface area contributed by atoms with Gasteiger partial charge in [-0.3, -0.25) is 19.0 Å². The molecule has 0 saturated heterocycles. The van der Waals surface area contributed by atoms with Gasteiger partial charge in [0.15, 0.2) is 11.5 Å². The molecule has 1 atom stereocenters. The highest BCUT2D eigenvalue weighted by Crippen LogP contribution is 2.40. The number of thiophene rings is 1. The number of para-hydroxylation sites is 1. The van der Waals surface area contributed by atoms with Crippen LogP contribution in [0, 0.1) is 0 Å². The maximum Gasteiger partial charge on any atom is 0.265 e. The predicted molar refractivity (Wildman–Crippen MR) is 166 cm³/mol. The largest absolute Gasteiger partial charge is 0.489 e. The highest BCUT2D eigenvalue weighted by molar-refractivity contribution is 7.22. The van der Waals surface area contributed by atoms with E-state index in [1.54, 1.807) is 24.3 Å². The first kappa shape index (κ1) is 27.9. The van der Waals surface area contributed by atoms with Crippen molar-refractivity contribution in [1.29, 1.82) is 0 Å². The zero-order valence-electron chi connectivity index (χ0n) is 23.4. The fraction of sp³-hybridized carbons (Fsp3) is 0.265. The van der Waals surface area contributed by atoms with Crippen molar-refractivity contribution in [1.82, 2.24) is 9.88 Å². The number of hydrogen-bond donors (Lipinski definition) is 1. The van der Waals surface area contributed by atoms with E-state index in [9.17, 15) is 14.4 Å². The average molecular weight is 581 g/mol. The maximum atomic E-state index is 14.2. The van der Waals surface area contributed by atoms with Crippen molar-refractivity contribution in [3.63, 3.8) is 0 Å². The Kier molecular flexibility index (Phi) is 8.17. The summed E-state index contributed by atoms with van der Waals surface area (Å²) in [6, 6.07) is 24.5. The number of amides is 1. The Labute approximate surface area is 247 Å². The second-order valence-electron chi connectivity index (χ2n) is 10.3. The first-order valence-electron chi connectivity index (χ1n) is 14.3. The van der Waals surface area contributed by atoms with Crippen molar-refractivity contribution in [3.05, 3.63) is 111 Å². The summed E-state index contributed by atoms with van der Waals surface area (Å²) in [5.41, 5.74) is 3.17.